The molecule has 0 saturated carbocycles. The maximum atomic E-state index is 11.6. The van der Waals surface area contributed by atoms with E-state index in [1.165, 1.54) is 10.5 Å². The Bertz CT molecular complexity index is 568. The van der Waals surface area contributed by atoms with Crippen LogP contribution in [0.5, 0.6) is 0 Å². The molecule has 21 heavy (non-hydrogen) atoms. The number of quaternary nitrogens is 2. The molecule has 2 atom stereocenters. The van der Waals surface area contributed by atoms with Crippen molar-refractivity contribution in [3.63, 3.8) is 0 Å². The summed E-state index contributed by atoms with van der Waals surface area (Å²) in [5.74, 6) is 0.0965. The van der Waals surface area contributed by atoms with Crippen LogP contribution in [0, 0.1) is 0 Å². The van der Waals surface area contributed by atoms with Crippen LogP contribution in [0.2, 0.25) is 0 Å². The molecule has 2 fully saturated rings. The number of piperazine rings is 1. The summed E-state index contributed by atoms with van der Waals surface area (Å²) in [7, 11) is -3.03. The second-order valence-electron chi connectivity index (χ2n) is 6.32. The maximum Gasteiger partial charge on any atom is 0.159 e. The van der Waals surface area contributed by atoms with Crippen LogP contribution in [0.3, 0.4) is 0 Å². The van der Waals surface area contributed by atoms with Gasteiger partial charge in [-0.2, -0.15) is 0 Å². The molecule has 0 aliphatic carbocycles. The fourth-order valence-corrected chi connectivity index (χ4v) is 5.47. The molecule has 2 heterocycles. The molecule has 0 aromatic heterocycles. The van der Waals surface area contributed by atoms with Crippen LogP contribution < -0.4 is 9.80 Å². The van der Waals surface area contributed by atoms with Gasteiger partial charge in [0.1, 0.15) is 50.6 Å². The second kappa shape index (κ2) is 6.04. The van der Waals surface area contributed by atoms with E-state index in [0.717, 1.165) is 32.7 Å². The molecule has 0 radical (unpaired) electrons. The van der Waals surface area contributed by atoms with E-state index in [-0.39, 0.29) is 17.5 Å². The zero-order chi connectivity index (χ0) is 14.9. The van der Waals surface area contributed by atoms with E-state index in [1.807, 2.05) is 6.07 Å². The fraction of sp³-hybridized carbons (Fsp3) is 0.600. The number of sulfone groups is 1. The number of aliphatic hydroxyl groups is 1. The SMILES string of the molecule is O=S1(=O)C[C@@H](O)[C@@H]([NH+]2CC[NH+](Cc3ccccc3)CC2)C1. The third-order valence-corrected chi connectivity index (χ3v) is 6.46. The summed E-state index contributed by atoms with van der Waals surface area (Å²) < 4.78 is 23.2. The molecule has 2 aliphatic heterocycles. The van der Waals surface area contributed by atoms with E-state index >= 15 is 0 Å². The van der Waals surface area contributed by atoms with Gasteiger partial charge in [-0.3, -0.25) is 0 Å². The average molecular weight is 312 g/mol. The van der Waals surface area contributed by atoms with E-state index in [2.05, 4.69) is 24.3 Å². The van der Waals surface area contributed by atoms with Crippen molar-refractivity contribution in [3.8, 4) is 0 Å². The Balaban J connectivity index is 1.54. The highest BCUT2D eigenvalue weighted by Crippen LogP contribution is 2.10. The van der Waals surface area contributed by atoms with Gasteiger partial charge in [0.25, 0.3) is 0 Å². The number of hydrogen-bond acceptors (Lipinski definition) is 3. The lowest BCUT2D eigenvalue weighted by Crippen LogP contribution is -3.29. The van der Waals surface area contributed by atoms with Crippen LogP contribution in [0.25, 0.3) is 0 Å². The summed E-state index contributed by atoms with van der Waals surface area (Å²) >= 11 is 0. The highest BCUT2D eigenvalue weighted by Gasteiger charge is 2.44. The van der Waals surface area contributed by atoms with Gasteiger partial charge >= 0.3 is 0 Å². The molecular formula is C15H24N2O3S+2. The van der Waals surface area contributed by atoms with Crippen molar-refractivity contribution in [1.82, 2.24) is 0 Å². The van der Waals surface area contributed by atoms with Gasteiger partial charge < -0.3 is 14.9 Å². The Kier molecular flexibility index (Phi) is 4.31. The lowest BCUT2D eigenvalue weighted by molar-refractivity contribution is -1.03. The molecule has 6 heteroatoms. The zero-order valence-electron chi connectivity index (χ0n) is 12.2. The van der Waals surface area contributed by atoms with Gasteiger partial charge in [-0.05, 0) is 0 Å². The Morgan fingerprint density at radius 1 is 1.05 bits per heavy atom. The van der Waals surface area contributed by atoms with Crippen molar-refractivity contribution in [3.05, 3.63) is 35.9 Å². The van der Waals surface area contributed by atoms with Gasteiger partial charge in [0, 0.05) is 5.56 Å². The molecule has 2 saturated heterocycles. The fourth-order valence-electron chi connectivity index (χ4n) is 3.58. The minimum absolute atomic E-state index is 0.0538. The van der Waals surface area contributed by atoms with E-state index in [0.29, 0.717) is 0 Å². The van der Waals surface area contributed by atoms with E-state index < -0.39 is 15.9 Å². The molecule has 3 N–H and O–H groups in total. The first kappa shape index (κ1) is 15.0. The highest BCUT2D eigenvalue weighted by atomic mass is 32.2. The van der Waals surface area contributed by atoms with Gasteiger partial charge in [-0.25, -0.2) is 8.42 Å². The monoisotopic (exact) mass is 312 g/mol. The summed E-state index contributed by atoms with van der Waals surface area (Å²) in [6, 6.07) is 10.3. The summed E-state index contributed by atoms with van der Waals surface area (Å²) in [6.45, 7) is 4.99. The Morgan fingerprint density at radius 3 is 2.29 bits per heavy atom. The van der Waals surface area contributed by atoms with Crippen molar-refractivity contribution in [2.75, 3.05) is 37.7 Å². The zero-order valence-corrected chi connectivity index (χ0v) is 13.0. The number of aliphatic hydroxyl groups excluding tert-OH is 1. The molecule has 0 amide bonds. The molecule has 1 aromatic rings. The van der Waals surface area contributed by atoms with Crippen LogP contribution in [0.4, 0.5) is 0 Å². The lowest BCUT2D eigenvalue weighted by Gasteiger charge is -2.33. The van der Waals surface area contributed by atoms with Crippen LogP contribution in [0.15, 0.2) is 30.3 Å². The third kappa shape index (κ3) is 3.63. The smallest absolute Gasteiger partial charge is 0.159 e. The topological polar surface area (TPSA) is 63.2 Å². The molecule has 116 valence electrons. The standard InChI is InChI=1S/C15H22N2O3S/c18-15-12-21(19,20)11-14(15)17-8-6-16(7-9-17)10-13-4-2-1-3-5-13/h1-5,14-15,18H,6-12H2/p+2/t14-,15+/m0/s1. The van der Waals surface area contributed by atoms with Gasteiger partial charge in [0.2, 0.25) is 0 Å². The van der Waals surface area contributed by atoms with Crippen LogP contribution >= 0.6 is 0 Å². The quantitative estimate of drug-likeness (QED) is 0.562. The first-order valence-corrected chi connectivity index (χ1v) is 9.46. The summed E-state index contributed by atoms with van der Waals surface area (Å²) in [4.78, 5) is 2.81. The first-order chi connectivity index (χ1) is 10.0. The molecule has 0 spiro atoms. The molecule has 1 aromatic carbocycles. The van der Waals surface area contributed by atoms with E-state index in [9.17, 15) is 13.5 Å². The lowest BCUT2D eigenvalue weighted by atomic mass is 10.1. The predicted octanol–water partition coefficient (Wildman–Crippen LogP) is -2.87. The third-order valence-electron chi connectivity index (χ3n) is 4.74. The molecule has 0 bridgehead atoms. The minimum Gasteiger partial charge on any atom is -0.386 e. The number of hydrogen-bond donors (Lipinski definition) is 3. The van der Waals surface area contributed by atoms with Crippen LogP contribution in [0.1, 0.15) is 5.56 Å². The van der Waals surface area contributed by atoms with Crippen molar-refractivity contribution in [2.24, 2.45) is 0 Å². The number of benzene rings is 1. The molecule has 3 rings (SSSR count). The van der Waals surface area contributed by atoms with E-state index in [4.69, 9.17) is 0 Å². The highest BCUT2D eigenvalue weighted by molar-refractivity contribution is 7.91. The summed E-state index contributed by atoms with van der Waals surface area (Å²) in [6.07, 6.45) is -0.680. The van der Waals surface area contributed by atoms with Crippen molar-refractivity contribution < 1.29 is 23.3 Å². The van der Waals surface area contributed by atoms with Crippen molar-refractivity contribution >= 4 is 9.84 Å². The van der Waals surface area contributed by atoms with Crippen LogP contribution in [-0.2, 0) is 16.4 Å². The number of nitrogens with one attached hydrogen (secondary N) is 2. The second-order valence-corrected chi connectivity index (χ2v) is 8.48. The van der Waals surface area contributed by atoms with Gasteiger partial charge in [-0.1, -0.05) is 30.3 Å². The normalized spacial score (nSPS) is 35.7. The Hall–Kier alpha value is -0.950. The van der Waals surface area contributed by atoms with E-state index in [1.54, 1.807) is 4.90 Å². The largest absolute Gasteiger partial charge is 0.386 e. The summed E-state index contributed by atoms with van der Waals surface area (Å²) in [5.41, 5.74) is 1.35. The van der Waals surface area contributed by atoms with Gasteiger partial charge in [0.15, 0.2) is 9.84 Å². The number of rotatable bonds is 3. The van der Waals surface area contributed by atoms with Gasteiger partial charge in [0.05, 0.1) is 5.75 Å². The molecular weight excluding hydrogens is 288 g/mol. The Morgan fingerprint density at radius 2 is 1.71 bits per heavy atom. The molecule has 2 aliphatic rings. The van der Waals surface area contributed by atoms with Crippen molar-refractivity contribution in [2.45, 2.75) is 18.7 Å². The minimum atomic E-state index is -3.03. The first-order valence-electron chi connectivity index (χ1n) is 7.64. The average Bonchev–Trinajstić information content (AvgIpc) is 2.74. The molecule has 5 nitrogen and oxygen atoms in total. The van der Waals surface area contributed by atoms with Crippen LogP contribution in [-0.4, -0.2) is 63.4 Å². The Labute approximate surface area is 126 Å². The van der Waals surface area contributed by atoms with Gasteiger partial charge in [-0.15, -0.1) is 0 Å². The summed E-state index contributed by atoms with van der Waals surface area (Å²) in [5, 5.41) is 9.97. The maximum absolute atomic E-state index is 11.6. The van der Waals surface area contributed by atoms with Crippen molar-refractivity contribution in [1.29, 1.82) is 0 Å². The predicted molar refractivity (Wildman–Crippen MR) is 80.0 cm³/mol. The molecule has 0 unspecified atom stereocenters.